The van der Waals surface area contributed by atoms with E-state index in [4.69, 9.17) is 4.89 Å². The molecule has 0 bridgehead atoms. The van der Waals surface area contributed by atoms with Gasteiger partial charge in [-0.1, -0.05) is 50.1 Å². The molecule has 0 aromatic heterocycles. The van der Waals surface area contributed by atoms with Gasteiger partial charge in [0.15, 0.2) is 0 Å². The number of hydrogen-bond acceptors (Lipinski definition) is 3. The Hall–Kier alpha value is -1.35. The van der Waals surface area contributed by atoms with Crippen LogP contribution >= 0.6 is 0 Å². The van der Waals surface area contributed by atoms with Crippen LogP contribution < -0.4 is 0 Å². The normalized spacial score (nSPS) is 10.1. The van der Waals surface area contributed by atoms with E-state index in [0.29, 0.717) is 6.61 Å². The van der Waals surface area contributed by atoms with Gasteiger partial charge < -0.3 is 0 Å². The maximum absolute atomic E-state index is 11.3. The first-order chi connectivity index (χ1) is 7.83. The summed E-state index contributed by atoms with van der Waals surface area (Å²) < 4.78 is 0. The predicted octanol–water partition coefficient (Wildman–Crippen LogP) is 2.89. The van der Waals surface area contributed by atoms with E-state index in [9.17, 15) is 4.79 Å². The molecule has 1 rings (SSSR count). The highest BCUT2D eigenvalue weighted by atomic mass is 17.2. The minimum atomic E-state index is -0.345. The highest BCUT2D eigenvalue weighted by Gasteiger charge is 2.04. The average molecular weight is 222 g/mol. The van der Waals surface area contributed by atoms with E-state index < -0.39 is 0 Å². The van der Waals surface area contributed by atoms with Gasteiger partial charge in [-0.2, -0.15) is 4.89 Å². The molecule has 16 heavy (non-hydrogen) atoms. The van der Waals surface area contributed by atoms with Crippen LogP contribution in [0, 0.1) is 0 Å². The van der Waals surface area contributed by atoms with Crippen molar-refractivity contribution in [3.8, 4) is 0 Å². The number of unbranched alkanes of at least 4 members (excludes halogenated alkanes) is 2. The first-order valence-electron chi connectivity index (χ1n) is 5.69. The van der Waals surface area contributed by atoms with Crippen LogP contribution in [0.3, 0.4) is 0 Å². The second kappa shape index (κ2) is 7.88. The number of rotatable bonds is 7. The summed E-state index contributed by atoms with van der Waals surface area (Å²) in [6.07, 6.45) is 3.40. The lowest BCUT2D eigenvalue weighted by atomic mass is 10.2. The fourth-order valence-corrected chi connectivity index (χ4v) is 1.31. The highest BCUT2D eigenvalue weighted by Crippen LogP contribution is 2.01. The molecule has 1 aromatic carbocycles. The molecule has 0 fully saturated rings. The van der Waals surface area contributed by atoms with Crippen molar-refractivity contribution in [2.24, 2.45) is 0 Å². The molecule has 0 amide bonds. The monoisotopic (exact) mass is 222 g/mol. The SMILES string of the molecule is CCCCCOOC(=O)Cc1ccccc1. The molecule has 0 radical (unpaired) electrons. The van der Waals surface area contributed by atoms with Crippen LogP contribution in [-0.4, -0.2) is 12.6 Å². The molecule has 0 aliphatic carbocycles. The summed E-state index contributed by atoms with van der Waals surface area (Å²) in [5.74, 6) is -0.345. The Morgan fingerprint density at radius 3 is 2.62 bits per heavy atom. The molecule has 0 saturated carbocycles. The fraction of sp³-hybridized carbons (Fsp3) is 0.462. The minimum absolute atomic E-state index is 0.259. The van der Waals surface area contributed by atoms with Gasteiger partial charge >= 0.3 is 5.97 Å². The van der Waals surface area contributed by atoms with Gasteiger partial charge in [0.2, 0.25) is 0 Å². The van der Waals surface area contributed by atoms with Crippen molar-refractivity contribution < 1.29 is 14.6 Å². The van der Waals surface area contributed by atoms with Gasteiger partial charge in [-0.25, -0.2) is 4.79 Å². The summed E-state index contributed by atoms with van der Waals surface area (Å²) in [5, 5.41) is 0. The van der Waals surface area contributed by atoms with Crippen molar-refractivity contribution in [3.63, 3.8) is 0 Å². The number of carbonyl (C=O) groups excluding carboxylic acids is 1. The van der Waals surface area contributed by atoms with E-state index in [-0.39, 0.29) is 12.4 Å². The van der Waals surface area contributed by atoms with Crippen molar-refractivity contribution in [1.29, 1.82) is 0 Å². The first-order valence-corrected chi connectivity index (χ1v) is 5.69. The topological polar surface area (TPSA) is 35.5 Å². The van der Waals surface area contributed by atoms with Gasteiger partial charge in [-0.15, -0.1) is 0 Å². The minimum Gasteiger partial charge on any atom is -0.298 e. The van der Waals surface area contributed by atoms with Crippen LogP contribution in [0.5, 0.6) is 0 Å². The third kappa shape index (κ3) is 5.51. The van der Waals surface area contributed by atoms with Gasteiger partial charge in [0.1, 0.15) is 0 Å². The van der Waals surface area contributed by atoms with Crippen molar-refractivity contribution in [3.05, 3.63) is 35.9 Å². The molecule has 3 nitrogen and oxygen atoms in total. The lowest BCUT2D eigenvalue weighted by Gasteiger charge is -2.03. The Balaban J connectivity index is 2.12. The summed E-state index contributed by atoms with van der Waals surface area (Å²) in [5.41, 5.74) is 0.935. The van der Waals surface area contributed by atoms with Crippen LogP contribution in [0.1, 0.15) is 31.7 Å². The molecule has 0 heterocycles. The van der Waals surface area contributed by atoms with Crippen molar-refractivity contribution in [2.45, 2.75) is 32.6 Å². The number of hydrogen-bond donors (Lipinski definition) is 0. The third-order valence-corrected chi connectivity index (χ3v) is 2.17. The molecule has 3 heteroatoms. The predicted molar refractivity (Wildman–Crippen MR) is 61.7 cm³/mol. The molecule has 0 saturated heterocycles. The maximum atomic E-state index is 11.3. The number of carbonyl (C=O) groups is 1. The van der Waals surface area contributed by atoms with E-state index in [1.807, 2.05) is 30.3 Å². The summed E-state index contributed by atoms with van der Waals surface area (Å²) in [6, 6.07) is 9.47. The van der Waals surface area contributed by atoms with Crippen LogP contribution in [0.4, 0.5) is 0 Å². The molecule has 0 N–H and O–H groups in total. The lowest BCUT2D eigenvalue weighted by Crippen LogP contribution is -2.09. The van der Waals surface area contributed by atoms with Crippen LogP contribution in [0.15, 0.2) is 30.3 Å². The van der Waals surface area contributed by atoms with E-state index in [2.05, 4.69) is 11.8 Å². The quantitative estimate of drug-likeness (QED) is 0.404. The second-order valence-electron chi connectivity index (χ2n) is 3.65. The maximum Gasteiger partial charge on any atom is 0.346 e. The van der Waals surface area contributed by atoms with Gasteiger partial charge in [-0.3, -0.25) is 4.89 Å². The Morgan fingerprint density at radius 2 is 1.94 bits per heavy atom. The van der Waals surface area contributed by atoms with Gasteiger partial charge in [0, 0.05) is 0 Å². The van der Waals surface area contributed by atoms with E-state index in [0.717, 1.165) is 24.8 Å². The molecule has 88 valence electrons. The van der Waals surface area contributed by atoms with Crippen molar-refractivity contribution >= 4 is 5.97 Å². The van der Waals surface area contributed by atoms with Crippen molar-refractivity contribution in [1.82, 2.24) is 0 Å². The first kappa shape index (κ1) is 12.7. The fourth-order valence-electron chi connectivity index (χ4n) is 1.31. The molecule has 0 atom stereocenters. The molecular formula is C13H18O3. The lowest BCUT2D eigenvalue weighted by molar-refractivity contribution is -0.272. The van der Waals surface area contributed by atoms with E-state index in [1.54, 1.807) is 0 Å². The summed E-state index contributed by atoms with van der Waals surface area (Å²) in [7, 11) is 0. The summed E-state index contributed by atoms with van der Waals surface area (Å²) in [6.45, 7) is 2.59. The van der Waals surface area contributed by atoms with Crippen LogP contribution in [0.2, 0.25) is 0 Å². The molecule has 0 spiro atoms. The third-order valence-electron chi connectivity index (χ3n) is 2.17. The van der Waals surface area contributed by atoms with Gasteiger partial charge in [-0.05, 0) is 12.0 Å². The standard InChI is InChI=1S/C13H18O3/c1-2-3-7-10-15-16-13(14)11-12-8-5-4-6-9-12/h4-6,8-9H,2-3,7,10-11H2,1H3. The summed E-state index contributed by atoms with van der Waals surface area (Å²) in [4.78, 5) is 20.8. The zero-order chi connectivity index (χ0) is 11.6. The molecule has 1 aromatic rings. The Labute approximate surface area is 96.3 Å². The van der Waals surface area contributed by atoms with E-state index >= 15 is 0 Å². The smallest absolute Gasteiger partial charge is 0.298 e. The van der Waals surface area contributed by atoms with E-state index in [1.165, 1.54) is 0 Å². The highest BCUT2D eigenvalue weighted by molar-refractivity contribution is 5.71. The van der Waals surface area contributed by atoms with Crippen LogP contribution in [0.25, 0.3) is 0 Å². The van der Waals surface area contributed by atoms with Crippen molar-refractivity contribution in [2.75, 3.05) is 6.61 Å². The molecule has 0 aliphatic rings. The Kier molecular flexibility index (Phi) is 6.26. The van der Waals surface area contributed by atoms with Gasteiger partial charge in [0.05, 0.1) is 13.0 Å². The molecule has 0 aliphatic heterocycles. The molecular weight excluding hydrogens is 204 g/mol. The largest absolute Gasteiger partial charge is 0.346 e. The number of benzene rings is 1. The second-order valence-corrected chi connectivity index (χ2v) is 3.65. The van der Waals surface area contributed by atoms with Gasteiger partial charge in [0.25, 0.3) is 0 Å². The zero-order valence-electron chi connectivity index (χ0n) is 9.65. The Bertz CT molecular complexity index is 295. The van der Waals surface area contributed by atoms with Crippen LogP contribution in [-0.2, 0) is 21.0 Å². The average Bonchev–Trinajstić information content (AvgIpc) is 2.30. The molecule has 0 unspecified atom stereocenters. The summed E-state index contributed by atoms with van der Waals surface area (Å²) >= 11 is 0. The Morgan fingerprint density at radius 1 is 1.19 bits per heavy atom. The zero-order valence-corrected chi connectivity index (χ0v) is 9.65.